The van der Waals surface area contributed by atoms with Gasteiger partial charge in [0, 0.05) is 11.6 Å². The zero-order valence-electron chi connectivity index (χ0n) is 9.03. The first-order valence-electron chi connectivity index (χ1n) is 5.30. The van der Waals surface area contributed by atoms with Gasteiger partial charge in [0.1, 0.15) is 18.1 Å². The average molecular weight is 212 g/mol. The standard InChI is InChI=1S/C14H12O2/c1-9-6-11(15)7-13-14(9)12-5-3-2-4-10(12)8-16-13/h2-7,15H,8H2,1H3. The van der Waals surface area contributed by atoms with Gasteiger partial charge >= 0.3 is 0 Å². The predicted molar refractivity (Wildman–Crippen MR) is 62.6 cm³/mol. The highest BCUT2D eigenvalue weighted by Crippen LogP contribution is 2.41. The molecule has 0 aromatic heterocycles. The Bertz CT molecular complexity index is 559. The van der Waals surface area contributed by atoms with Crippen molar-refractivity contribution in [2.45, 2.75) is 13.5 Å². The molecule has 1 aliphatic heterocycles. The van der Waals surface area contributed by atoms with Crippen LogP contribution >= 0.6 is 0 Å². The summed E-state index contributed by atoms with van der Waals surface area (Å²) in [6, 6.07) is 11.7. The zero-order valence-corrected chi connectivity index (χ0v) is 9.03. The molecule has 2 nitrogen and oxygen atoms in total. The molecule has 3 rings (SSSR count). The summed E-state index contributed by atoms with van der Waals surface area (Å²) in [4.78, 5) is 0. The maximum Gasteiger partial charge on any atom is 0.131 e. The molecule has 0 amide bonds. The molecule has 0 bridgehead atoms. The number of hydrogen-bond acceptors (Lipinski definition) is 2. The third kappa shape index (κ3) is 1.27. The second-order valence-electron chi connectivity index (χ2n) is 4.08. The van der Waals surface area contributed by atoms with E-state index >= 15 is 0 Å². The number of aryl methyl sites for hydroxylation is 1. The summed E-state index contributed by atoms with van der Waals surface area (Å²) in [6.07, 6.45) is 0. The maximum absolute atomic E-state index is 9.54. The van der Waals surface area contributed by atoms with E-state index in [1.807, 2.05) is 19.1 Å². The minimum Gasteiger partial charge on any atom is -0.508 e. The summed E-state index contributed by atoms with van der Waals surface area (Å²) in [7, 11) is 0. The quantitative estimate of drug-likeness (QED) is 0.726. The first kappa shape index (κ1) is 9.28. The average Bonchev–Trinajstić information content (AvgIpc) is 2.28. The molecule has 1 heterocycles. The Morgan fingerprint density at radius 1 is 1.19 bits per heavy atom. The molecular formula is C14H12O2. The zero-order chi connectivity index (χ0) is 11.1. The van der Waals surface area contributed by atoms with Gasteiger partial charge in [-0.2, -0.15) is 0 Å². The van der Waals surface area contributed by atoms with Crippen molar-refractivity contribution in [3.05, 3.63) is 47.5 Å². The molecule has 0 fully saturated rings. The fourth-order valence-corrected chi connectivity index (χ4v) is 2.24. The molecule has 0 radical (unpaired) electrons. The van der Waals surface area contributed by atoms with Crippen LogP contribution in [-0.2, 0) is 6.61 Å². The number of rotatable bonds is 0. The molecule has 0 saturated heterocycles. The number of fused-ring (bicyclic) bond motifs is 3. The van der Waals surface area contributed by atoms with Crippen LogP contribution in [0.4, 0.5) is 0 Å². The van der Waals surface area contributed by atoms with Crippen LogP contribution in [0, 0.1) is 6.92 Å². The van der Waals surface area contributed by atoms with Gasteiger partial charge in [-0.15, -0.1) is 0 Å². The molecule has 16 heavy (non-hydrogen) atoms. The Hall–Kier alpha value is -1.96. The van der Waals surface area contributed by atoms with Crippen LogP contribution in [-0.4, -0.2) is 5.11 Å². The van der Waals surface area contributed by atoms with E-state index < -0.39 is 0 Å². The molecule has 0 saturated carbocycles. The van der Waals surface area contributed by atoms with Crippen molar-refractivity contribution >= 4 is 0 Å². The van der Waals surface area contributed by atoms with Gasteiger partial charge in [0.25, 0.3) is 0 Å². The molecule has 2 heteroatoms. The van der Waals surface area contributed by atoms with Gasteiger partial charge in [0.15, 0.2) is 0 Å². The normalized spacial score (nSPS) is 12.6. The summed E-state index contributed by atoms with van der Waals surface area (Å²) in [5, 5.41) is 9.54. The number of aromatic hydroxyl groups is 1. The van der Waals surface area contributed by atoms with Gasteiger partial charge in [-0.1, -0.05) is 24.3 Å². The van der Waals surface area contributed by atoms with E-state index in [0.29, 0.717) is 6.61 Å². The highest BCUT2D eigenvalue weighted by atomic mass is 16.5. The van der Waals surface area contributed by atoms with Crippen molar-refractivity contribution in [2.24, 2.45) is 0 Å². The molecule has 0 aliphatic carbocycles. The van der Waals surface area contributed by atoms with Crippen molar-refractivity contribution in [2.75, 3.05) is 0 Å². The Kier molecular flexibility index (Phi) is 1.90. The lowest BCUT2D eigenvalue weighted by Crippen LogP contribution is -2.06. The SMILES string of the molecule is Cc1cc(O)cc2c1-c1ccccc1CO2. The maximum atomic E-state index is 9.54. The van der Waals surface area contributed by atoms with Crippen molar-refractivity contribution in [3.8, 4) is 22.6 Å². The van der Waals surface area contributed by atoms with Gasteiger partial charge in [-0.05, 0) is 29.7 Å². The van der Waals surface area contributed by atoms with Gasteiger partial charge in [0.05, 0.1) is 0 Å². The summed E-state index contributed by atoms with van der Waals surface area (Å²) < 4.78 is 5.65. The minimum atomic E-state index is 0.260. The lowest BCUT2D eigenvalue weighted by Gasteiger charge is -2.22. The minimum absolute atomic E-state index is 0.260. The highest BCUT2D eigenvalue weighted by Gasteiger charge is 2.19. The molecular weight excluding hydrogens is 200 g/mol. The molecule has 1 aliphatic rings. The van der Waals surface area contributed by atoms with Crippen molar-refractivity contribution in [1.29, 1.82) is 0 Å². The summed E-state index contributed by atoms with van der Waals surface area (Å²) in [6.45, 7) is 2.57. The van der Waals surface area contributed by atoms with E-state index in [1.54, 1.807) is 12.1 Å². The topological polar surface area (TPSA) is 29.5 Å². The molecule has 0 atom stereocenters. The number of phenols is 1. The van der Waals surface area contributed by atoms with E-state index in [-0.39, 0.29) is 5.75 Å². The van der Waals surface area contributed by atoms with Crippen molar-refractivity contribution < 1.29 is 9.84 Å². The molecule has 0 spiro atoms. The van der Waals surface area contributed by atoms with Crippen LogP contribution < -0.4 is 4.74 Å². The van der Waals surface area contributed by atoms with Crippen LogP contribution in [0.15, 0.2) is 36.4 Å². The van der Waals surface area contributed by atoms with Gasteiger partial charge in [0.2, 0.25) is 0 Å². The van der Waals surface area contributed by atoms with E-state index in [2.05, 4.69) is 12.1 Å². The summed E-state index contributed by atoms with van der Waals surface area (Å²) in [5.74, 6) is 1.03. The lowest BCUT2D eigenvalue weighted by molar-refractivity contribution is 0.300. The molecule has 1 N–H and O–H groups in total. The largest absolute Gasteiger partial charge is 0.508 e. The summed E-state index contributed by atoms with van der Waals surface area (Å²) >= 11 is 0. The van der Waals surface area contributed by atoms with Crippen molar-refractivity contribution in [1.82, 2.24) is 0 Å². The third-order valence-corrected chi connectivity index (χ3v) is 2.95. The smallest absolute Gasteiger partial charge is 0.131 e. The fourth-order valence-electron chi connectivity index (χ4n) is 2.24. The Balaban J connectivity index is 2.32. The van der Waals surface area contributed by atoms with Gasteiger partial charge in [-0.3, -0.25) is 0 Å². The van der Waals surface area contributed by atoms with E-state index in [0.717, 1.165) is 16.9 Å². The lowest BCUT2D eigenvalue weighted by atomic mass is 9.93. The van der Waals surface area contributed by atoms with Gasteiger partial charge < -0.3 is 9.84 Å². The van der Waals surface area contributed by atoms with E-state index in [9.17, 15) is 5.11 Å². The van der Waals surface area contributed by atoms with E-state index in [4.69, 9.17) is 4.74 Å². The first-order chi connectivity index (χ1) is 7.75. The number of ether oxygens (including phenoxy) is 1. The molecule has 0 unspecified atom stereocenters. The van der Waals surface area contributed by atoms with Gasteiger partial charge in [-0.25, -0.2) is 0 Å². The predicted octanol–water partition coefficient (Wildman–Crippen LogP) is 3.26. The second-order valence-corrected chi connectivity index (χ2v) is 4.08. The van der Waals surface area contributed by atoms with Crippen LogP contribution in [0.3, 0.4) is 0 Å². The van der Waals surface area contributed by atoms with Crippen LogP contribution in [0.25, 0.3) is 11.1 Å². The second kappa shape index (κ2) is 3.27. The first-order valence-corrected chi connectivity index (χ1v) is 5.30. The van der Waals surface area contributed by atoms with E-state index in [1.165, 1.54) is 11.1 Å². The Morgan fingerprint density at radius 3 is 2.88 bits per heavy atom. The number of benzene rings is 2. The number of phenolic OH excluding ortho intramolecular Hbond substituents is 1. The van der Waals surface area contributed by atoms with Crippen molar-refractivity contribution in [3.63, 3.8) is 0 Å². The van der Waals surface area contributed by atoms with Crippen LogP contribution in [0.1, 0.15) is 11.1 Å². The number of hydrogen-bond donors (Lipinski definition) is 1. The Morgan fingerprint density at radius 2 is 2.00 bits per heavy atom. The third-order valence-electron chi connectivity index (χ3n) is 2.95. The molecule has 80 valence electrons. The Labute approximate surface area is 94.1 Å². The summed E-state index contributed by atoms with van der Waals surface area (Å²) in [5.41, 5.74) is 4.55. The fraction of sp³-hybridized carbons (Fsp3) is 0.143. The highest BCUT2D eigenvalue weighted by molar-refractivity contribution is 5.78. The monoisotopic (exact) mass is 212 g/mol. The van der Waals surface area contributed by atoms with Crippen LogP contribution in [0.2, 0.25) is 0 Å². The van der Waals surface area contributed by atoms with Crippen LogP contribution in [0.5, 0.6) is 11.5 Å². The molecule has 2 aromatic rings. The molecule has 2 aromatic carbocycles.